The zero-order chi connectivity index (χ0) is 25.1. The highest BCUT2D eigenvalue weighted by molar-refractivity contribution is 5.93. The maximum Gasteiger partial charge on any atom is 0.333 e. The quantitative estimate of drug-likeness (QED) is 0.369. The van der Waals surface area contributed by atoms with E-state index in [1.165, 1.54) is 0 Å². The Bertz CT molecular complexity index is 1250. The van der Waals surface area contributed by atoms with Crippen LogP contribution < -0.4 is 19.5 Å². The van der Waals surface area contributed by atoms with Gasteiger partial charge >= 0.3 is 5.97 Å². The fraction of sp³-hybridized carbons (Fsp3) is 0.379. The highest BCUT2D eigenvalue weighted by Crippen LogP contribution is 2.39. The van der Waals surface area contributed by atoms with Gasteiger partial charge in [0.1, 0.15) is 11.8 Å². The van der Waals surface area contributed by atoms with E-state index in [2.05, 4.69) is 5.32 Å². The Morgan fingerprint density at radius 2 is 1.72 bits per heavy atom. The smallest absolute Gasteiger partial charge is 0.333 e. The molecule has 3 atom stereocenters. The van der Waals surface area contributed by atoms with Gasteiger partial charge < -0.3 is 24.6 Å². The van der Waals surface area contributed by atoms with Gasteiger partial charge in [0.15, 0.2) is 11.5 Å². The lowest BCUT2D eigenvalue weighted by Crippen LogP contribution is -2.46. The molecular weight excluding hydrogens is 458 g/mol. The maximum atomic E-state index is 13.6. The van der Waals surface area contributed by atoms with Crippen molar-refractivity contribution < 1.29 is 28.9 Å². The van der Waals surface area contributed by atoms with Crippen molar-refractivity contribution in [3.05, 3.63) is 66.2 Å². The number of carbonyl (C=O) groups excluding carboxylic acids is 2. The molecule has 7 heteroatoms. The Kier molecular flexibility index (Phi) is 7.09. The number of benzene rings is 3. The standard InChI is InChI=1S/C29H31NO6/c1-18(29(33)36-23-13-7-11-19-8-5-6-12-22(19)23)30-28(32)26(27(31)20-9-3-2-4-10-20)21-14-15-24-25(16-21)35-17-34-24/h5-8,11-16,18,20,26-27,31H,2-4,9-10,17H2,1H3,(H,30,32)/t18-,26?,27?/m0/s1. The van der Waals surface area contributed by atoms with Crippen LogP contribution in [-0.4, -0.2) is 35.9 Å². The predicted octanol–water partition coefficient (Wildman–Crippen LogP) is 4.70. The Morgan fingerprint density at radius 1 is 0.972 bits per heavy atom. The number of rotatable bonds is 7. The minimum atomic E-state index is -0.911. The zero-order valence-electron chi connectivity index (χ0n) is 20.3. The van der Waals surface area contributed by atoms with Crippen molar-refractivity contribution in [1.29, 1.82) is 0 Å². The molecule has 0 spiro atoms. The second-order valence-electron chi connectivity index (χ2n) is 9.61. The average Bonchev–Trinajstić information content (AvgIpc) is 3.37. The molecule has 0 saturated heterocycles. The number of ether oxygens (including phenoxy) is 3. The Balaban J connectivity index is 1.34. The van der Waals surface area contributed by atoms with Crippen molar-refractivity contribution in [2.75, 3.05) is 6.79 Å². The van der Waals surface area contributed by atoms with Crippen LogP contribution in [0.2, 0.25) is 0 Å². The lowest BCUT2D eigenvalue weighted by molar-refractivity contribution is -0.139. The highest BCUT2D eigenvalue weighted by Gasteiger charge is 2.37. The third-order valence-corrected chi connectivity index (χ3v) is 7.19. The number of carbonyl (C=O) groups is 2. The average molecular weight is 490 g/mol. The van der Waals surface area contributed by atoms with Crippen molar-refractivity contribution in [3.8, 4) is 17.2 Å². The molecular formula is C29H31NO6. The summed E-state index contributed by atoms with van der Waals surface area (Å²) in [6.07, 6.45) is 4.06. The van der Waals surface area contributed by atoms with Gasteiger partial charge in [-0.1, -0.05) is 61.7 Å². The normalized spacial score (nSPS) is 17.8. The molecule has 1 aliphatic carbocycles. The first-order chi connectivity index (χ1) is 17.5. The number of hydrogen-bond acceptors (Lipinski definition) is 6. The third-order valence-electron chi connectivity index (χ3n) is 7.19. The first kappa shape index (κ1) is 24.1. The molecule has 1 heterocycles. The third kappa shape index (κ3) is 5.02. The van der Waals surface area contributed by atoms with Crippen LogP contribution in [0.25, 0.3) is 10.8 Å². The van der Waals surface area contributed by atoms with Crippen molar-refractivity contribution in [3.63, 3.8) is 0 Å². The minimum Gasteiger partial charge on any atom is -0.454 e. The van der Waals surface area contributed by atoms with Crippen LogP contribution in [0.15, 0.2) is 60.7 Å². The lowest BCUT2D eigenvalue weighted by atomic mass is 9.77. The molecule has 0 aromatic heterocycles. The molecule has 3 aromatic carbocycles. The number of esters is 1. The molecule has 5 rings (SSSR count). The van der Waals surface area contributed by atoms with Gasteiger partial charge in [0.25, 0.3) is 0 Å². The molecule has 36 heavy (non-hydrogen) atoms. The van der Waals surface area contributed by atoms with Gasteiger partial charge in [-0.3, -0.25) is 4.79 Å². The van der Waals surface area contributed by atoms with E-state index in [0.717, 1.165) is 42.9 Å². The zero-order valence-corrected chi connectivity index (χ0v) is 20.3. The molecule has 3 aromatic rings. The van der Waals surface area contributed by atoms with E-state index in [4.69, 9.17) is 14.2 Å². The summed E-state index contributed by atoms with van der Waals surface area (Å²) in [5, 5.41) is 15.9. The summed E-state index contributed by atoms with van der Waals surface area (Å²) in [6.45, 7) is 1.72. The summed E-state index contributed by atoms with van der Waals surface area (Å²) in [6, 6.07) is 17.5. The maximum absolute atomic E-state index is 13.6. The second-order valence-corrected chi connectivity index (χ2v) is 9.61. The van der Waals surface area contributed by atoms with E-state index in [1.807, 2.05) is 36.4 Å². The molecule has 1 fully saturated rings. The topological polar surface area (TPSA) is 94.1 Å². The van der Waals surface area contributed by atoms with Crippen molar-refractivity contribution in [2.24, 2.45) is 5.92 Å². The van der Waals surface area contributed by atoms with Crippen molar-refractivity contribution >= 4 is 22.6 Å². The molecule has 7 nitrogen and oxygen atoms in total. The van der Waals surface area contributed by atoms with Gasteiger partial charge in [-0.25, -0.2) is 4.79 Å². The molecule has 1 saturated carbocycles. The van der Waals surface area contributed by atoms with Crippen LogP contribution >= 0.6 is 0 Å². The summed E-state index contributed by atoms with van der Waals surface area (Å²) < 4.78 is 16.6. The van der Waals surface area contributed by atoms with Gasteiger partial charge in [0, 0.05) is 5.39 Å². The molecule has 0 bridgehead atoms. The first-order valence-corrected chi connectivity index (χ1v) is 12.6. The van der Waals surface area contributed by atoms with Gasteiger partial charge in [-0.2, -0.15) is 0 Å². The molecule has 2 N–H and O–H groups in total. The molecule has 1 amide bonds. The highest BCUT2D eigenvalue weighted by atomic mass is 16.7. The first-order valence-electron chi connectivity index (χ1n) is 12.6. The second kappa shape index (κ2) is 10.6. The number of hydrogen-bond donors (Lipinski definition) is 2. The number of aliphatic hydroxyl groups excluding tert-OH is 1. The number of amides is 1. The van der Waals surface area contributed by atoms with E-state index in [0.29, 0.717) is 22.8 Å². The molecule has 188 valence electrons. The summed E-state index contributed by atoms with van der Waals surface area (Å²) in [5.74, 6) is -0.241. The fourth-order valence-corrected chi connectivity index (χ4v) is 5.20. The van der Waals surface area contributed by atoms with Gasteiger partial charge in [-0.05, 0) is 54.8 Å². The minimum absolute atomic E-state index is 0.0119. The van der Waals surface area contributed by atoms with Crippen molar-refractivity contribution in [2.45, 2.75) is 57.1 Å². The largest absolute Gasteiger partial charge is 0.454 e. The molecule has 0 radical (unpaired) electrons. The molecule has 2 aliphatic rings. The SMILES string of the molecule is C[C@H](NC(=O)C(c1ccc2c(c1)OCO2)C(O)C1CCCCC1)C(=O)Oc1cccc2ccccc12. The monoisotopic (exact) mass is 489 g/mol. The Hall–Kier alpha value is -3.58. The number of fused-ring (bicyclic) bond motifs is 2. The summed E-state index contributed by atoms with van der Waals surface area (Å²) in [7, 11) is 0. The van der Waals surface area contributed by atoms with Crippen LogP contribution in [0.3, 0.4) is 0 Å². The Morgan fingerprint density at radius 3 is 2.56 bits per heavy atom. The van der Waals surface area contributed by atoms with E-state index < -0.39 is 29.9 Å². The van der Waals surface area contributed by atoms with Crippen LogP contribution in [0.1, 0.15) is 50.5 Å². The van der Waals surface area contributed by atoms with Crippen LogP contribution in [0.5, 0.6) is 17.2 Å². The lowest BCUT2D eigenvalue weighted by Gasteiger charge is -2.32. The van der Waals surface area contributed by atoms with Crippen molar-refractivity contribution in [1.82, 2.24) is 5.32 Å². The van der Waals surface area contributed by atoms with Gasteiger partial charge in [-0.15, -0.1) is 0 Å². The van der Waals surface area contributed by atoms with Gasteiger partial charge in [0.2, 0.25) is 12.7 Å². The summed E-state index contributed by atoms with van der Waals surface area (Å²) >= 11 is 0. The molecule has 2 unspecified atom stereocenters. The summed E-state index contributed by atoms with van der Waals surface area (Å²) in [4.78, 5) is 26.5. The van der Waals surface area contributed by atoms with Crippen LogP contribution in [0, 0.1) is 5.92 Å². The van der Waals surface area contributed by atoms with Gasteiger partial charge in [0.05, 0.1) is 12.0 Å². The van der Waals surface area contributed by atoms with E-state index >= 15 is 0 Å². The van der Waals surface area contributed by atoms with Crippen LogP contribution in [0.4, 0.5) is 0 Å². The van der Waals surface area contributed by atoms with Crippen LogP contribution in [-0.2, 0) is 9.59 Å². The molecule has 1 aliphatic heterocycles. The van der Waals surface area contributed by atoms with E-state index in [9.17, 15) is 14.7 Å². The summed E-state index contributed by atoms with van der Waals surface area (Å²) in [5.41, 5.74) is 0.629. The van der Waals surface area contributed by atoms with E-state index in [1.54, 1.807) is 31.2 Å². The number of aliphatic hydroxyl groups is 1. The fourth-order valence-electron chi connectivity index (χ4n) is 5.20. The van der Waals surface area contributed by atoms with E-state index in [-0.39, 0.29) is 12.7 Å². The number of nitrogens with one attached hydrogen (secondary N) is 1. The Labute approximate surface area is 210 Å². The predicted molar refractivity (Wildman–Crippen MR) is 135 cm³/mol.